The third kappa shape index (κ3) is 3.51. The van der Waals surface area contributed by atoms with Gasteiger partial charge in [0.1, 0.15) is 0 Å². The van der Waals surface area contributed by atoms with Gasteiger partial charge in [-0.05, 0) is 48.6 Å². The van der Waals surface area contributed by atoms with Crippen LogP contribution in [0.2, 0.25) is 0 Å². The number of nitrogens with zero attached hydrogens (tertiary/aromatic N) is 6. The molecule has 8 heteroatoms. The van der Waals surface area contributed by atoms with E-state index in [0.29, 0.717) is 13.1 Å². The van der Waals surface area contributed by atoms with Gasteiger partial charge in [-0.1, -0.05) is 36.4 Å². The molecule has 0 atom stereocenters. The highest BCUT2D eigenvalue weighted by Crippen LogP contribution is 2.31. The van der Waals surface area contributed by atoms with E-state index in [1.807, 2.05) is 71.8 Å². The smallest absolute Gasteiger partial charge is 0.254 e. The van der Waals surface area contributed by atoms with Crippen molar-refractivity contribution in [2.75, 3.05) is 31.1 Å². The summed E-state index contributed by atoms with van der Waals surface area (Å²) in [5.74, 6) is 1.72. The minimum Gasteiger partial charge on any atom is -0.340 e. The lowest BCUT2D eigenvalue weighted by atomic mass is 10.1. The molecule has 0 bridgehead atoms. The molecule has 1 aliphatic rings. The number of rotatable bonds is 3. The molecule has 34 heavy (non-hydrogen) atoms. The molecule has 0 spiro atoms. The normalized spacial score (nSPS) is 14.6. The highest BCUT2D eigenvalue weighted by molar-refractivity contribution is 7.13. The van der Waals surface area contributed by atoms with E-state index in [9.17, 15) is 4.79 Å². The number of anilines is 1. The second-order valence-electron chi connectivity index (χ2n) is 8.54. The minimum absolute atomic E-state index is 0.0974. The zero-order chi connectivity index (χ0) is 23.1. The van der Waals surface area contributed by atoms with Gasteiger partial charge in [-0.2, -0.15) is 0 Å². The molecule has 6 rings (SSSR count). The first-order valence-corrected chi connectivity index (χ1v) is 12.4. The molecule has 0 saturated carbocycles. The Morgan fingerprint density at radius 1 is 0.912 bits per heavy atom. The number of carbonyl (C=O) groups is 1. The van der Waals surface area contributed by atoms with Gasteiger partial charge >= 0.3 is 0 Å². The number of amides is 1. The molecule has 1 aliphatic heterocycles. The number of fused-ring (bicyclic) bond motifs is 3. The van der Waals surface area contributed by atoms with Crippen LogP contribution < -0.4 is 4.90 Å². The molecule has 3 aromatic heterocycles. The van der Waals surface area contributed by atoms with Crippen LogP contribution in [0, 0.1) is 6.92 Å². The summed E-state index contributed by atoms with van der Waals surface area (Å²) in [7, 11) is 0. The topological polar surface area (TPSA) is 66.6 Å². The van der Waals surface area contributed by atoms with Crippen molar-refractivity contribution >= 4 is 39.7 Å². The number of aromatic nitrogens is 4. The first-order chi connectivity index (χ1) is 16.7. The molecule has 0 aliphatic carbocycles. The van der Waals surface area contributed by atoms with Gasteiger partial charge in [0.2, 0.25) is 5.95 Å². The Morgan fingerprint density at radius 3 is 2.62 bits per heavy atom. The maximum absolute atomic E-state index is 13.2. The molecule has 0 radical (unpaired) electrons. The van der Waals surface area contributed by atoms with Crippen LogP contribution in [-0.2, 0) is 0 Å². The van der Waals surface area contributed by atoms with E-state index in [2.05, 4.69) is 25.6 Å². The number of hydrogen-bond donors (Lipinski definition) is 0. The first kappa shape index (κ1) is 20.8. The zero-order valence-corrected chi connectivity index (χ0v) is 19.7. The lowest BCUT2D eigenvalue weighted by Crippen LogP contribution is -2.36. The maximum atomic E-state index is 13.2. The third-order valence-corrected chi connectivity index (χ3v) is 7.28. The van der Waals surface area contributed by atoms with Gasteiger partial charge in [-0.25, -0.2) is 9.38 Å². The van der Waals surface area contributed by atoms with Crippen molar-refractivity contribution < 1.29 is 4.79 Å². The average Bonchev–Trinajstić information content (AvgIpc) is 3.48. The highest BCUT2D eigenvalue weighted by Gasteiger charge is 2.25. The molecule has 0 unspecified atom stereocenters. The molecule has 0 N–H and O–H groups in total. The standard InChI is InChI=1S/C26H24N6OS/c1-18-8-2-3-9-19(18)25(33)30-13-7-14-31(16-15-30)26-27-21-11-5-4-10-20(21)23-28-29-24(32(23)26)22-12-6-17-34-22/h2-6,8-12,17H,7,13-16H2,1H3. The van der Waals surface area contributed by atoms with E-state index >= 15 is 0 Å². The van der Waals surface area contributed by atoms with Crippen LogP contribution >= 0.6 is 11.3 Å². The number of aryl methyl sites for hydroxylation is 1. The van der Waals surface area contributed by atoms with E-state index in [-0.39, 0.29) is 5.91 Å². The molecule has 7 nitrogen and oxygen atoms in total. The summed E-state index contributed by atoms with van der Waals surface area (Å²) in [6, 6.07) is 20.0. The lowest BCUT2D eigenvalue weighted by Gasteiger charge is -2.24. The summed E-state index contributed by atoms with van der Waals surface area (Å²) in [6.07, 6.45) is 0.865. The Hall–Kier alpha value is -3.78. The molecule has 4 heterocycles. The van der Waals surface area contributed by atoms with E-state index < -0.39 is 0 Å². The van der Waals surface area contributed by atoms with Gasteiger partial charge in [0.25, 0.3) is 5.91 Å². The Kier molecular flexibility index (Phi) is 5.22. The fraction of sp³-hybridized carbons (Fsp3) is 0.231. The predicted octanol–water partition coefficient (Wildman–Crippen LogP) is 4.67. The predicted molar refractivity (Wildman–Crippen MR) is 136 cm³/mol. The van der Waals surface area contributed by atoms with E-state index in [1.165, 1.54) is 0 Å². The van der Waals surface area contributed by atoms with E-state index in [4.69, 9.17) is 4.98 Å². The van der Waals surface area contributed by atoms with Crippen molar-refractivity contribution in [2.24, 2.45) is 0 Å². The second kappa shape index (κ2) is 8.53. The van der Waals surface area contributed by atoms with Crippen molar-refractivity contribution in [3.8, 4) is 10.7 Å². The summed E-state index contributed by atoms with van der Waals surface area (Å²) in [4.78, 5) is 23.6. The van der Waals surface area contributed by atoms with Crippen molar-refractivity contribution in [1.82, 2.24) is 24.5 Å². The average molecular weight is 469 g/mol. The summed E-state index contributed by atoms with van der Waals surface area (Å²) < 4.78 is 2.08. The van der Waals surface area contributed by atoms with Crippen molar-refractivity contribution in [2.45, 2.75) is 13.3 Å². The number of para-hydroxylation sites is 1. The van der Waals surface area contributed by atoms with Gasteiger partial charge in [0.15, 0.2) is 11.5 Å². The molecule has 5 aromatic rings. The van der Waals surface area contributed by atoms with Crippen LogP contribution in [0.15, 0.2) is 66.0 Å². The summed E-state index contributed by atoms with van der Waals surface area (Å²) >= 11 is 1.64. The van der Waals surface area contributed by atoms with E-state index in [1.54, 1.807) is 11.3 Å². The van der Waals surface area contributed by atoms with Crippen molar-refractivity contribution in [1.29, 1.82) is 0 Å². The Morgan fingerprint density at radius 2 is 1.76 bits per heavy atom. The fourth-order valence-corrected chi connectivity index (χ4v) is 5.35. The van der Waals surface area contributed by atoms with Crippen LogP contribution in [-0.4, -0.2) is 56.6 Å². The maximum Gasteiger partial charge on any atom is 0.254 e. The molecule has 1 fully saturated rings. The Balaban J connectivity index is 1.39. The van der Waals surface area contributed by atoms with Gasteiger partial charge in [-0.15, -0.1) is 21.5 Å². The Labute approximate surface area is 201 Å². The molecular formula is C26H24N6OS. The van der Waals surface area contributed by atoms with Crippen LogP contribution in [0.4, 0.5) is 5.95 Å². The van der Waals surface area contributed by atoms with Gasteiger partial charge in [0, 0.05) is 37.1 Å². The van der Waals surface area contributed by atoms with Gasteiger partial charge in [-0.3, -0.25) is 4.79 Å². The van der Waals surface area contributed by atoms with E-state index in [0.717, 1.165) is 63.8 Å². The second-order valence-corrected chi connectivity index (χ2v) is 9.48. The number of carbonyl (C=O) groups excluding carboxylic acids is 1. The summed E-state index contributed by atoms with van der Waals surface area (Å²) in [6.45, 7) is 4.85. The third-order valence-electron chi connectivity index (χ3n) is 6.41. The van der Waals surface area contributed by atoms with Crippen molar-refractivity contribution in [3.63, 3.8) is 0 Å². The molecule has 1 saturated heterocycles. The summed E-state index contributed by atoms with van der Waals surface area (Å²) in [5, 5.41) is 12.1. The van der Waals surface area contributed by atoms with Crippen LogP contribution in [0.1, 0.15) is 22.3 Å². The van der Waals surface area contributed by atoms with Gasteiger partial charge in [0.05, 0.1) is 10.4 Å². The first-order valence-electron chi connectivity index (χ1n) is 11.5. The zero-order valence-electron chi connectivity index (χ0n) is 18.9. The fourth-order valence-electron chi connectivity index (χ4n) is 4.65. The highest BCUT2D eigenvalue weighted by atomic mass is 32.1. The van der Waals surface area contributed by atoms with Crippen LogP contribution in [0.25, 0.3) is 27.3 Å². The van der Waals surface area contributed by atoms with Crippen LogP contribution in [0.3, 0.4) is 0 Å². The lowest BCUT2D eigenvalue weighted by molar-refractivity contribution is 0.0766. The largest absolute Gasteiger partial charge is 0.340 e. The van der Waals surface area contributed by atoms with Crippen LogP contribution in [0.5, 0.6) is 0 Å². The van der Waals surface area contributed by atoms with Gasteiger partial charge < -0.3 is 9.80 Å². The Bertz CT molecular complexity index is 1490. The van der Waals surface area contributed by atoms with Crippen molar-refractivity contribution in [3.05, 3.63) is 77.2 Å². The SMILES string of the molecule is Cc1ccccc1C(=O)N1CCCN(c2nc3ccccc3c3nnc(-c4cccs4)n23)CC1. The molecule has 1 amide bonds. The number of thiophene rings is 1. The minimum atomic E-state index is 0.0974. The molecule has 2 aromatic carbocycles. The number of hydrogen-bond acceptors (Lipinski definition) is 6. The molecular weight excluding hydrogens is 444 g/mol. The monoisotopic (exact) mass is 468 g/mol. The number of benzene rings is 2. The quantitative estimate of drug-likeness (QED) is 0.385. The summed E-state index contributed by atoms with van der Waals surface area (Å²) in [5.41, 5.74) is 3.49. The molecule has 170 valence electrons.